The van der Waals surface area contributed by atoms with Gasteiger partial charge in [0.15, 0.2) is 5.96 Å². The number of halogens is 3. The highest BCUT2D eigenvalue weighted by atomic mass is 19.4. The molecule has 1 atom stereocenters. The number of nitrogens with one attached hydrogen (secondary N) is 2. The summed E-state index contributed by atoms with van der Waals surface area (Å²) in [6.45, 7) is 2.28. The second-order valence-electron chi connectivity index (χ2n) is 6.01. The Bertz CT molecular complexity index is 618. The van der Waals surface area contributed by atoms with Crippen molar-refractivity contribution in [2.45, 2.75) is 44.0 Å². The van der Waals surface area contributed by atoms with Crippen LogP contribution in [-0.4, -0.2) is 45.9 Å². The number of hydrogen-bond acceptors (Lipinski definition) is 3. The number of rotatable bonds is 6. The van der Waals surface area contributed by atoms with Crippen molar-refractivity contribution < 1.29 is 18.3 Å². The largest absolute Gasteiger partial charge is 0.424 e. The molecule has 0 bridgehead atoms. The molecule has 2 rings (SSSR count). The van der Waals surface area contributed by atoms with Crippen LogP contribution in [0.5, 0.6) is 0 Å². The van der Waals surface area contributed by atoms with Gasteiger partial charge in [-0.1, -0.05) is 12.2 Å². The molecule has 3 N–H and O–H groups in total. The van der Waals surface area contributed by atoms with Crippen LogP contribution in [0.25, 0.3) is 0 Å². The topological polar surface area (TPSA) is 74.5 Å². The lowest BCUT2D eigenvalue weighted by Crippen LogP contribution is -2.46. The summed E-state index contributed by atoms with van der Waals surface area (Å²) in [6, 6.07) is 0.189. The van der Waals surface area contributed by atoms with E-state index in [1.54, 1.807) is 0 Å². The molecule has 1 aromatic heterocycles. The van der Waals surface area contributed by atoms with Crippen molar-refractivity contribution in [3.63, 3.8) is 0 Å². The van der Waals surface area contributed by atoms with Gasteiger partial charge in [-0.15, -0.1) is 0 Å². The molecule has 0 aliphatic heterocycles. The summed E-state index contributed by atoms with van der Waals surface area (Å²) < 4.78 is 41.5. The number of imidazole rings is 1. The van der Waals surface area contributed by atoms with Crippen LogP contribution in [0.4, 0.5) is 13.2 Å². The van der Waals surface area contributed by atoms with Gasteiger partial charge in [-0.2, -0.15) is 13.2 Å². The number of aromatic nitrogens is 2. The molecule has 0 fully saturated rings. The van der Waals surface area contributed by atoms with E-state index in [0.29, 0.717) is 12.5 Å². The summed E-state index contributed by atoms with van der Waals surface area (Å²) in [7, 11) is 1.42. The Labute approximate surface area is 144 Å². The lowest BCUT2D eigenvalue weighted by atomic mass is 9.98. The molecule has 0 aromatic carbocycles. The fourth-order valence-electron chi connectivity index (χ4n) is 2.72. The summed E-state index contributed by atoms with van der Waals surface area (Å²) in [6.07, 6.45) is 2.94. The highest BCUT2D eigenvalue weighted by Gasteiger charge is 2.57. The van der Waals surface area contributed by atoms with Crippen LogP contribution < -0.4 is 10.6 Å². The van der Waals surface area contributed by atoms with Gasteiger partial charge in [0.1, 0.15) is 5.82 Å². The number of aliphatic imine (C=N–C) groups is 1. The zero-order valence-corrected chi connectivity index (χ0v) is 14.3. The minimum Gasteiger partial charge on any atom is -0.374 e. The maximum absolute atomic E-state index is 13.5. The Hall–Kier alpha value is -2.03. The summed E-state index contributed by atoms with van der Waals surface area (Å²) in [5, 5.41) is 16.5. The molecule has 1 aromatic rings. The van der Waals surface area contributed by atoms with Crippen LogP contribution in [0.1, 0.15) is 32.0 Å². The first kappa shape index (κ1) is 19.3. The van der Waals surface area contributed by atoms with Gasteiger partial charge in [0.05, 0.1) is 0 Å². The van der Waals surface area contributed by atoms with Gasteiger partial charge >= 0.3 is 6.18 Å². The van der Waals surface area contributed by atoms with E-state index in [2.05, 4.69) is 20.6 Å². The third-order valence-corrected chi connectivity index (χ3v) is 4.10. The van der Waals surface area contributed by atoms with Crippen molar-refractivity contribution in [3.05, 3.63) is 30.4 Å². The summed E-state index contributed by atoms with van der Waals surface area (Å²) in [4.78, 5) is 7.86. The molecule has 0 amide bonds. The minimum absolute atomic E-state index is 0.189. The van der Waals surface area contributed by atoms with Crippen LogP contribution in [-0.2, 0) is 12.6 Å². The Kier molecular flexibility index (Phi) is 6.10. The molecule has 1 aliphatic carbocycles. The molecule has 6 nitrogen and oxygen atoms in total. The quantitative estimate of drug-likeness (QED) is 0.412. The van der Waals surface area contributed by atoms with E-state index in [0.717, 1.165) is 12.8 Å². The van der Waals surface area contributed by atoms with Crippen molar-refractivity contribution in [2.24, 2.45) is 12.0 Å². The van der Waals surface area contributed by atoms with Gasteiger partial charge in [0, 0.05) is 45.0 Å². The van der Waals surface area contributed by atoms with E-state index < -0.39 is 24.0 Å². The average Bonchev–Trinajstić information content (AvgIpc) is 3.17. The van der Waals surface area contributed by atoms with E-state index in [-0.39, 0.29) is 12.6 Å². The summed E-state index contributed by atoms with van der Waals surface area (Å²) in [5.74, 6) is 0.00807. The highest BCUT2D eigenvalue weighted by Crippen LogP contribution is 2.40. The molecule has 0 saturated heterocycles. The van der Waals surface area contributed by atoms with Gasteiger partial charge in [-0.25, -0.2) is 4.98 Å². The van der Waals surface area contributed by atoms with Gasteiger partial charge in [-0.05, 0) is 19.8 Å². The van der Waals surface area contributed by atoms with E-state index in [4.69, 9.17) is 0 Å². The lowest BCUT2D eigenvalue weighted by Gasteiger charge is -2.29. The van der Waals surface area contributed by atoms with Gasteiger partial charge in [-0.3, -0.25) is 4.99 Å². The van der Waals surface area contributed by atoms with Gasteiger partial charge < -0.3 is 20.3 Å². The average molecular weight is 359 g/mol. The Morgan fingerprint density at radius 2 is 2.08 bits per heavy atom. The Balaban J connectivity index is 2.09. The standard InChI is InChI=1S/C16H24F3N5O/c1-3-20-14(23-12-6-4-5-7-12)22-9-8-15(25,16(17,18)19)13-21-10-11-24(13)2/h4-5,10-12,25H,3,6-9H2,1-2H3,(H2,20,22,23). The molecule has 25 heavy (non-hydrogen) atoms. The zero-order chi connectivity index (χ0) is 18.5. The van der Waals surface area contributed by atoms with Crippen LogP contribution in [0, 0.1) is 0 Å². The Morgan fingerprint density at radius 1 is 1.40 bits per heavy atom. The fraction of sp³-hybridized carbons (Fsp3) is 0.625. The van der Waals surface area contributed by atoms with Gasteiger partial charge in [0.2, 0.25) is 5.60 Å². The number of alkyl halides is 3. The van der Waals surface area contributed by atoms with Crippen molar-refractivity contribution in [1.82, 2.24) is 20.2 Å². The monoisotopic (exact) mass is 359 g/mol. The van der Waals surface area contributed by atoms with Crippen LogP contribution in [0.2, 0.25) is 0 Å². The first-order valence-electron chi connectivity index (χ1n) is 8.24. The predicted octanol–water partition coefficient (Wildman–Crippen LogP) is 1.83. The van der Waals surface area contributed by atoms with Crippen LogP contribution in [0.15, 0.2) is 29.5 Å². The normalized spacial score (nSPS) is 18.4. The third-order valence-electron chi connectivity index (χ3n) is 4.10. The number of aryl methyl sites for hydroxylation is 1. The predicted molar refractivity (Wildman–Crippen MR) is 89.1 cm³/mol. The molecule has 9 heteroatoms. The minimum atomic E-state index is -4.84. The van der Waals surface area contributed by atoms with E-state index in [1.165, 1.54) is 24.0 Å². The molecule has 1 heterocycles. The number of nitrogens with zero attached hydrogens (tertiary/aromatic N) is 3. The smallest absolute Gasteiger partial charge is 0.374 e. The second-order valence-corrected chi connectivity index (χ2v) is 6.01. The first-order valence-corrected chi connectivity index (χ1v) is 8.24. The number of aliphatic hydroxyl groups is 1. The number of guanidine groups is 1. The van der Waals surface area contributed by atoms with Crippen molar-refractivity contribution in [3.8, 4) is 0 Å². The summed E-state index contributed by atoms with van der Waals surface area (Å²) >= 11 is 0. The van der Waals surface area contributed by atoms with Gasteiger partial charge in [0.25, 0.3) is 0 Å². The van der Waals surface area contributed by atoms with Crippen molar-refractivity contribution in [1.29, 1.82) is 0 Å². The highest BCUT2D eigenvalue weighted by molar-refractivity contribution is 5.80. The zero-order valence-electron chi connectivity index (χ0n) is 14.3. The van der Waals surface area contributed by atoms with Crippen molar-refractivity contribution >= 4 is 5.96 Å². The van der Waals surface area contributed by atoms with E-state index in [1.807, 2.05) is 19.1 Å². The van der Waals surface area contributed by atoms with E-state index >= 15 is 0 Å². The third kappa shape index (κ3) is 4.53. The molecule has 140 valence electrons. The molecular formula is C16H24F3N5O. The second kappa shape index (κ2) is 7.90. The SMILES string of the molecule is CCNC(=NCCC(O)(c1nccn1C)C(F)(F)F)NC1CC=CC1. The molecule has 1 unspecified atom stereocenters. The summed E-state index contributed by atoms with van der Waals surface area (Å²) in [5.41, 5.74) is -3.04. The number of hydrogen-bond donors (Lipinski definition) is 3. The lowest BCUT2D eigenvalue weighted by molar-refractivity contribution is -0.272. The van der Waals surface area contributed by atoms with E-state index in [9.17, 15) is 18.3 Å². The fourth-order valence-corrected chi connectivity index (χ4v) is 2.72. The maximum atomic E-state index is 13.5. The molecular weight excluding hydrogens is 335 g/mol. The maximum Gasteiger partial charge on any atom is 0.424 e. The van der Waals surface area contributed by atoms with Crippen molar-refractivity contribution in [2.75, 3.05) is 13.1 Å². The first-order chi connectivity index (χ1) is 11.8. The molecule has 1 aliphatic rings. The molecule has 0 spiro atoms. The molecule has 0 saturated carbocycles. The Morgan fingerprint density at radius 3 is 2.60 bits per heavy atom. The van der Waals surface area contributed by atoms with Crippen LogP contribution >= 0.6 is 0 Å². The molecule has 0 radical (unpaired) electrons. The van der Waals surface area contributed by atoms with Crippen LogP contribution in [0.3, 0.4) is 0 Å².